The van der Waals surface area contributed by atoms with Crippen LogP contribution in [0.5, 0.6) is 0 Å². The van der Waals surface area contributed by atoms with Gasteiger partial charge in [0, 0.05) is 5.88 Å². The molecule has 0 spiro atoms. The van der Waals surface area contributed by atoms with Crippen molar-refractivity contribution in [3.05, 3.63) is 35.4 Å². The first kappa shape index (κ1) is 17.6. The van der Waals surface area contributed by atoms with Crippen LogP contribution in [0, 0.1) is 10.8 Å². The highest BCUT2D eigenvalue weighted by Gasteiger charge is 2.26. The number of hydrogen-bond acceptors (Lipinski definition) is 0. The Balaban J connectivity index is 2.96. The van der Waals surface area contributed by atoms with Gasteiger partial charge in [0.05, 0.1) is 0 Å². The summed E-state index contributed by atoms with van der Waals surface area (Å²) >= 11 is 5.89. The predicted octanol–water partition coefficient (Wildman–Crippen LogP) is 6.77. The van der Waals surface area contributed by atoms with Crippen molar-refractivity contribution in [2.75, 3.05) is 0 Å². The lowest BCUT2D eigenvalue weighted by molar-refractivity contribution is 0.245. The van der Waals surface area contributed by atoms with Gasteiger partial charge >= 0.3 is 0 Å². The minimum absolute atomic E-state index is 0.361. The fourth-order valence-corrected chi connectivity index (χ4v) is 2.92. The van der Waals surface area contributed by atoms with Crippen LogP contribution < -0.4 is 0 Å². The monoisotopic (exact) mass is 294 g/mol. The molecule has 1 unspecified atom stereocenters. The number of hydrogen-bond donors (Lipinski definition) is 0. The van der Waals surface area contributed by atoms with Gasteiger partial charge in [-0.1, -0.05) is 72.2 Å². The quantitative estimate of drug-likeness (QED) is 0.508. The normalized spacial score (nSPS) is 14.3. The summed E-state index contributed by atoms with van der Waals surface area (Å²) in [6, 6.07) is 8.91. The molecular weight excluding hydrogens is 264 g/mol. The van der Waals surface area contributed by atoms with Crippen LogP contribution in [0.4, 0.5) is 0 Å². The Bertz CT molecular complexity index is 395. The third-order valence-corrected chi connectivity index (χ3v) is 4.53. The van der Waals surface area contributed by atoms with Gasteiger partial charge in [0.25, 0.3) is 0 Å². The van der Waals surface area contributed by atoms with E-state index in [-0.39, 0.29) is 0 Å². The number of halogens is 1. The van der Waals surface area contributed by atoms with Gasteiger partial charge in [-0.25, -0.2) is 0 Å². The molecule has 0 aliphatic carbocycles. The van der Waals surface area contributed by atoms with Crippen molar-refractivity contribution in [1.29, 1.82) is 0 Å². The van der Waals surface area contributed by atoms with Crippen molar-refractivity contribution in [2.45, 2.75) is 72.6 Å². The van der Waals surface area contributed by atoms with Crippen molar-refractivity contribution in [3.63, 3.8) is 0 Å². The first-order valence-electron chi connectivity index (χ1n) is 7.82. The van der Waals surface area contributed by atoms with Gasteiger partial charge in [0.15, 0.2) is 0 Å². The van der Waals surface area contributed by atoms with E-state index in [2.05, 4.69) is 65.8 Å². The third-order valence-electron chi connectivity index (χ3n) is 4.22. The molecule has 0 heterocycles. The van der Waals surface area contributed by atoms with E-state index in [0.29, 0.717) is 22.6 Å². The zero-order chi connectivity index (χ0) is 15.4. The Labute approximate surface area is 130 Å². The van der Waals surface area contributed by atoms with E-state index in [9.17, 15) is 0 Å². The smallest absolute Gasteiger partial charge is 0.0474 e. The molecule has 0 nitrogen and oxygen atoms in total. The summed E-state index contributed by atoms with van der Waals surface area (Å²) < 4.78 is 0. The highest BCUT2D eigenvalue weighted by Crippen LogP contribution is 2.40. The van der Waals surface area contributed by atoms with E-state index in [1.807, 2.05) is 0 Å². The lowest BCUT2D eigenvalue weighted by atomic mass is 9.72. The highest BCUT2D eigenvalue weighted by molar-refractivity contribution is 6.17. The van der Waals surface area contributed by atoms with Crippen molar-refractivity contribution < 1.29 is 0 Å². The second-order valence-corrected chi connectivity index (χ2v) is 8.33. The van der Waals surface area contributed by atoms with Gasteiger partial charge < -0.3 is 0 Å². The van der Waals surface area contributed by atoms with E-state index in [1.165, 1.54) is 30.4 Å². The van der Waals surface area contributed by atoms with Gasteiger partial charge in [-0.05, 0) is 40.7 Å². The number of alkyl halides is 1. The molecule has 0 aliphatic rings. The van der Waals surface area contributed by atoms with Gasteiger partial charge in [-0.3, -0.25) is 0 Å². The fourth-order valence-electron chi connectivity index (χ4n) is 2.74. The zero-order valence-electron chi connectivity index (χ0n) is 14.1. The molecule has 0 aromatic heterocycles. The SMILES string of the molecule is CCC(C)(C)CC(CC(C)(C)C)c1ccc(CCl)cc1. The van der Waals surface area contributed by atoms with Gasteiger partial charge in [-0.2, -0.15) is 0 Å². The molecule has 0 fully saturated rings. The molecule has 114 valence electrons. The highest BCUT2D eigenvalue weighted by atomic mass is 35.5. The average molecular weight is 295 g/mol. The topological polar surface area (TPSA) is 0 Å². The molecule has 0 aliphatic heterocycles. The predicted molar refractivity (Wildman–Crippen MR) is 91.5 cm³/mol. The first-order valence-corrected chi connectivity index (χ1v) is 8.35. The van der Waals surface area contributed by atoms with E-state index < -0.39 is 0 Å². The van der Waals surface area contributed by atoms with Crippen LogP contribution in [0.25, 0.3) is 0 Å². The molecule has 0 N–H and O–H groups in total. The Morgan fingerprint density at radius 3 is 1.90 bits per heavy atom. The van der Waals surface area contributed by atoms with Crippen molar-refractivity contribution in [2.24, 2.45) is 10.8 Å². The maximum Gasteiger partial charge on any atom is 0.0474 e. The Morgan fingerprint density at radius 2 is 1.50 bits per heavy atom. The van der Waals surface area contributed by atoms with Crippen molar-refractivity contribution in [1.82, 2.24) is 0 Å². The van der Waals surface area contributed by atoms with E-state index in [1.54, 1.807) is 0 Å². The lowest BCUT2D eigenvalue weighted by Gasteiger charge is -2.33. The minimum Gasteiger partial charge on any atom is -0.122 e. The van der Waals surface area contributed by atoms with E-state index in [4.69, 9.17) is 11.6 Å². The lowest BCUT2D eigenvalue weighted by Crippen LogP contribution is -2.19. The standard InChI is InChI=1S/C19H31Cl/c1-7-19(5,6)13-17(12-18(2,3)4)16-10-8-15(14-20)9-11-16/h8-11,17H,7,12-14H2,1-6H3. The van der Waals surface area contributed by atoms with E-state index >= 15 is 0 Å². The van der Waals surface area contributed by atoms with Gasteiger partial charge in [-0.15, -0.1) is 11.6 Å². The molecule has 1 heteroatoms. The largest absolute Gasteiger partial charge is 0.122 e. The van der Waals surface area contributed by atoms with Crippen LogP contribution in [0.3, 0.4) is 0 Å². The summed E-state index contributed by atoms with van der Waals surface area (Å²) in [5.74, 6) is 1.24. The van der Waals surface area contributed by atoms with Crippen molar-refractivity contribution >= 4 is 11.6 Å². The number of benzene rings is 1. The Hall–Kier alpha value is -0.490. The number of rotatable bonds is 6. The van der Waals surface area contributed by atoms with Crippen LogP contribution in [0.2, 0.25) is 0 Å². The molecule has 0 bridgehead atoms. The Morgan fingerprint density at radius 1 is 0.950 bits per heavy atom. The van der Waals surface area contributed by atoms with Gasteiger partial charge in [0.2, 0.25) is 0 Å². The Kier molecular flexibility index (Phi) is 6.13. The summed E-state index contributed by atoms with van der Waals surface area (Å²) in [7, 11) is 0. The van der Waals surface area contributed by atoms with E-state index in [0.717, 1.165) is 0 Å². The van der Waals surface area contributed by atoms with Gasteiger partial charge in [0.1, 0.15) is 0 Å². The molecule has 1 aromatic rings. The second-order valence-electron chi connectivity index (χ2n) is 8.06. The summed E-state index contributed by atoms with van der Waals surface area (Å²) in [6.45, 7) is 14.1. The summed E-state index contributed by atoms with van der Waals surface area (Å²) in [5, 5.41) is 0. The first-order chi connectivity index (χ1) is 9.17. The zero-order valence-corrected chi connectivity index (χ0v) is 14.8. The van der Waals surface area contributed by atoms with Crippen LogP contribution in [-0.2, 0) is 5.88 Å². The molecule has 0 amide bonds. The van der Waals surface area contributed by atoms with Crippen molar-refractivity contribution in [3.8, 4) is 0 Å². The molecule has 0 saturated heterocycles. The third kappa shape index (κ3) is 5.87. The summed E-state index contributed by atoms with van der Waals surface area (Å²) in [6.07, 6.45) is 3.71. The minimum atomic E-state index is 0.361. The van der Waals surface area contributed by atoms with Crippen LogP contribution >= 0.6 is 11.6 Å². The second kappa shape index (κ2) is 6.98. The molecule has 1 aromatic carbocycles. The van der Waals surface area contributed by atoms with Crippen LogP contribution in [0.1, 0.15) is 77.8 Å². The maximum atomic E-state index is 5.89. The van der Waals surface area contributed by atoms with Crippen LogP contribution in [-0.4, -0.2) is 0 Å². The maximum absolute atomic E-state index is 5.89. The molecule has 20 heavy (non-hydrogen) atoms. The molecular formula is C19H31Cl. The van der Waals surface area contributed by atoms with Crippen LogP contribution in [0.15, 0.2) is 24.3 Å². The molecule has 0 saturated carbocycles. The summed E-state index contributed by atoms with van der Waals surface area (Å²) in [5.41, 5.74) is 3.44. The molecule has 0 radical (unpaired) electrons. The summed E-state index contributed by atoms with van der Waals surface area (Å²) in [4.78, 5) is 0. The molecule has 1 atom stereocenters. The fraction of sp³-hybridized carbons (Fsp3) is 0.684. The molecule has 1 rings (SSSR count). The average Bonchev–Trinajstić information content (AvgIpc) is 2.36.